The molecule has 1 aromatic carbocycles. The van der Waals surface area contributed by atoms with E-state index in [-0.39, 0.29) is 29.3 Å². The standard InChI is InChI=1S/C22H18F3N3O3S/c1-2-32(30,31)17-3-4-18(14-5-7-26-8-6-14)19(10-17)21(29)28-12-15-9-16(22(23,24)25)11-27-20(15)13-28/h3-11H,2,12-13H2,1H3. The van der Waals surface area contributed by atoms with E-state index in [4.69, 9.17) is 0 Å². The lowest BCUT2D eigenvalue weighted by Gasteiger charge is -2.19. The molecular weight excluding hydrogens is 443 g/mol. The highest BCUT2D eigenvalue weighted by Crippen LogP contribution is 2.34. The van der Waals surface area contributed by atoms with E-state index in [1.54, 1.807) is 30.6 Å². The van der Waals surface area contributed by atoms with Crippen LogP contribution in [0.15, 0.2) is 59.9 Å². The summed E-state index contributed by atoms with van der Waals surface area (Å²) >= 11 is 0. The molecule has 0 spiro atoms. The highest BCUT2D eigenvalue weighted by molar-refractivity contribution is 7.91. The summed E-state index contributed by atoms with van der Waals surface area (Å²) in [4.78, 5) is 22.6. The first kappa shape index (κ1) is 21.9. The number of benzene rings is 1. The molecule has 3 aromatic rings. The fourth-order valence-electron chi connectivity index (χ4n) is 3.57. The van der Waals surface area contributed by atoms with E-state index in [2.05, 4.69) is 9.97 Å². The van der Waals surface area contributed by atoms with E-state index in [9.17, 15) is 26.4 Å². The molecule has 0 saturated carbocycles. The van der Waals surface area contributed by atoms with E-state index in [1.807, 2.05) is 0 Å². The van der Waals surface area contributed by atoms with E-state index >= 15 is 0 Å². The van der Waals surface area contributed by atoms with E-state index in [1.165, 1.54) is 24.0 Å². The molecule has 0 aliphatic carbocycles. The maximum atomic E-state index is 13.4. The van der Waals surface area contributed by atoms with Gasteiger partial charge in [-0.25, -0.2) is 8.42 Å². The van der Waals surface area contributed by atoms with Gasteiger partial charge in [-0.15, -0.1) is 0 Å². The average molecular weight is 461 g/mol. The second-order valence-electron chi connectivity index (χ2n) is 7.34. The van der Waals surface area contributed by atoms with Gasteiger partial charge in [-0.3, -0.25) is 14.8 Å². The number of sulfone groups is 1. The molecule has 3 heterocycles. The third-order valence-electron chi connectivity index (χ3n) is 5.33. The molecule has 0 radical (unpaired) electrons. The van der Waals surface area contributed by atoms with Crippen LogP contribution >= 0.6 is 0 Å². The molecule has 1 aliphatic heterocycles. The van der Waals surface area contributed by atoms with Gasteiger partial charge >= 0.3 is 6.18 Å². The number of aromatic nitrogens is 2. The quantitative estimate of drug-likeness (QED) is 0.584. The minimum atomic E-state index is -4.53. The van der Waals surface area contributed by atoms with Crippen molar-refractivity contribution in [3.05, 3.63) is 77.4 Å². The van der Waals surface area contributed by atoms with Gasteiger partial charge in [0, 0.05) is 30.7 Å². The van der Waals surface area contributed by atoms with Crippen molar-refractivity contribution >= 4 is 15.7 Å². The normalized spacial score (nSPS) is 13.8. The summed E-state index contributed by atoms with van der Waals surface area (Å²) in [6, 6.07) is 8.72. The summed E-state index contributed by atoms with van der Waals surface area (Å²) in [6.07, 6.45) is -0.677. The Hall–Kier alpha value is -3.27. The molecule has 0 bridgehead atoms. The minimum Gasteiger partial charge on any atom is -0.328 e. The Kier molecular flexibility index (Phi) is 5.49. The van der Waals surface area contributed by atoms with Gasteiger partial charge in [-0.1, -0.05) is 13.0 Å². The molecule has 6 nitrogen and oxygen atoms in total. The number of nitrogens with zero attached hydrogens (tertiary/aromatic N) is 3. The number of carbonyl (C=O) groups excluding carboxylic acids is 1. The first-order valence-corrected chi connectivity index (χ1v) is 11.4. The Labute approximate surface area is 182 Å². The topological polar surface area (TPSA) is 80.2 Å². The summed E-state index contributed by atoms with van der Waals surface area (Å²) in [5.41, 5.74) is 1.14. The molecule has 10 heteroatoms. The van der Waals surface area contributed by atoms with Crippen LogP contribution in [-0.4, -0.2) is 34.9 Å². The van der Waals surface area contributed by atoms with E-state index in [0.717, 1.165) is 12.3 Å². The van der Waals surface area contributed by atoms with E-state index in [0.29, 0.717) is 22.4 Å². The Balaban J connectivity index is 1.74. The number of carbonyl (C=O) groups is 1. The van der Waals surface area contributed by atoms with Gasteiger partial charge in [0.1, 0.15) is 0 Å². The predicted octanol–water partition coefficient (Wildman–Crippen LogP) is 4.11. The van der Waals surface area contributed by atoms with Gasteiger partial charge in [0.25, 0.3) is 5.91 Å². The van der Waals surface area contributed by atoms with Crippen LogP contribution in [0.3, 0.4) is 0 Å². The van der Waals surface area contributed by atoms with Crippen molar-refractivity contribution in [3.63, 3.8) is 0 Å². The average Bonchev–Trinajstić information content (AvgIpc) is 3.21. The van der Waals surface area contributed by atoms with Crippen molar-refractivity contribution in [1.82, 2.24) is 14.9 Å². The lowest BCUT2D eigenvalue weighted by molar-refractivity contribution is -0.137. The van der Waals surface area contributed by atoms with Crippen LogP contribution in [0.25, 0.3) is 11.1 Å². The molecule has 32 heavy (non-hydrogen) atoms. The van der Waals surface area contributed by atoms with Gasteiger partial charge in [0.05, 0.1) is 28.5 Å². The first-order valence-electron chi connectivity index (χ1n) is 9.71. The molecule has 1 amide bonds. The first-order chi connectivity index (χ1) is 15.1. The Bertz CT molecular complexity index is 1290. The number of fused-ring (bicyclic) bond motifs is 1. The second kappa shape index (κ2) is 8.01. The molecule has 4 rings (SSSR count). The number of hydrogen-bond donors (Lipinski definition) is 0. The summed E-state index contributed by atoms with van der Waals surface area (Å²) in [6.45, 7) is 1.49. The van der Waals surface area contributed by atoms with Crippen LogP contribution < -0.4 is 0 Å². The Morgan fingerprint density at radius 3 is 2.47 bits per heavy atom. The maximum absolute atomic E-state index is 13.4. The molecule has 0 fully saturated rings. The fourth-order valence-corrected chi connectivity index (χ4v) is 4.48. The number of hydrogen-bond acceptors (Lipinski definition) is 5. The van der Waals surface area contributed by atoms with Gasteiger partial charge in [-0.05, 0) is 47.0 Å². The monoisotopic (exact) mass is 461 g/mol. The Morgan fingerprint density at radius 2 is 1.81 bits per heavy atom. The number of amides is 1. The highest BCUT2D eigenvalue weighted by Gasteiger charge is 2.34. The predicted molar refractivity (Wildman–Crippen MR) is 110 cm³/mol. The second-order valence-corrected chi connectivity index (χ2v) is 9.61. The summed E-state index contributed by atoms with van der Waals surface area (Å²) in [5, 5.41) is 0. The molecular formula is C22H18F3N3O3S. The number of rotatable bonds is 4. The van der Waals surface area contributed by atoms with Crippen molar-refractivity contribution < 1.29 is 26.4 Å². The molecule has 166 valence electrons. The van der Waals surface area contributed by atoms with E-state index < -0.39 is 27.5 Å². The molecule has 0 saturated heterocycles. The minimum absolute atomic E-state index is 0.00958. The number of halogens is 3. The van der Waals surface area contributed by atoms with Gasteiger partial charge in [-0.2, -0.15) is 13.2 Å². The third-order valence-corrected chi connectivity index (χ3v) is 7.06. The lowest BCUT2D eigenvalue weighted by atomic mass is 9.99. The fraction of sp³-hybridized carbons (Fsp3) is 0.227. The molecule has 0 atom stereocenters. The lowest BCUT2D eigenvalue weighted by Crippen LogP contribution is -2.26. The number of alkyl halides is 3. The smallest absolute Gasteiger partial charge is 0.328 e. The third kappa shape index (κ3) is 4.10. The zero-order valence-corrected chi connectivity index (χ0v) is 17.7. The van der Waals surface area contributed by atoms with Gasteiger partial charge in [0.2, 0.25) is 0 Å². The van der Waals surface area contributed by atoms with Gasteiger partial charge < -0.3 is 4.90 Å². The van der Waals surface area contributed by atoms with Crippen molar-refractivity contribution in [1.29, 1.82) is 0 Å². The molecule has 2 aromatic heterocycles. The zero-order valence-electron chi connectivity index (χ0n) is 16.9. The van der Waals surface area contributed by atoms with Crippen LogP contribution in [0.4, 0.5) is 13.2 Å². The van der Waals surface area contributed by atoms with Crippen LogP contribution in [0.2, 0.25) is 0 Å². The maximum Gasteiger partial charge on any atom is 0.417 e. The van der Waals surface area contributed by atoms with Crippen molar-refractivity contribution in [2.45, 2.75) is 31.1 Å². The summed E-state index contributed by atoms with van der Waals surface area (Å²) < 4.78 is 63.9. The van der Waals surface area contributed by atoms with Crippen molar-refractivity contribution in [2.24, 2.45) is 0 Å². The SMILES string of the molecule is CCS(=O)(=O)c1ccc(-c2ccncc2)c(C(=O)N2Cc3cc(C(F)(F)F)cnc3C2)c1. The van der Waals surface area contributed by atoms with Crippen molar-refractivity contribution in [2.75, 3.05) is 5.75 Å². The van der Waals surface area contributed by atoms with Gasteiger partial charge in [0.15, 0.2) is 9.84 Å². The van der Waals surface area contributed by atoms with Crippen molar-refractivity contribution in [3.8, 4) is 11.1 Å². The van der Waals surface area contributed by atoms with Crippen LogP contribution in [-0.2, 0) is 29.1 Å². The molecule has 0 unspecified atom stereocenters. The van der Waals surface area contributed by atoms with Crippen LogP contribution in [0.5, 0.6) is 0 Å². The summed E-state index contributed by atoms with van der Waals surface area (Å²) in [5.74, 6) is -0.620. The molecule has 0 N–H and O–H groups in total. The van der Waals surface area contributed by atoms with Crippen LogP contribution in [0.1, 0.15) is 34.1 Å². The molecule has 1 aliphatic rings. The Morgan fingerprint density at radius 1 is 1.09 bits per heavy atom. The number of pyridine rings is 2. The summed E-state index contributed by atoms with van der Waals surface area (Å²) in [7, 11) is -3.57. The largest absolute Gasteiger partial charge is 0.417 e. The zero-order chi connectivity index (χ0) is 23.1. The van der Waals surface area contributed by atoms with Crippen LogP contribution in [0, 0.1) is 0 Å². The highest BCUT2D eigenvalue weighted by atomic mass is 32.2.